The largest absolute Gasteiger partial charge is 0.361 e. The smallest absolute Gasteiger partial charge is 0.229 e. The highest BCUT2D eigenvalue weighted by Gasteiger charge is 2.25. The Morgan fingerprint density at radius 1 is 1.20 bits per heavy atom. The first-order valence-corrected chi connectivity index (χ1v) is 12.1. The topological polar surface area (TPSA) is 99.6 Å². The number of piperazine rings is 1. The molecule has 0 amide bonds. The number of alkyl halides is 1. The van der Waals surface area contributed by atoms with Gasteiger partial charge in [0.1, 0.15) is 18.3 Å². The predicted octanol–water partition coefficient (Wildman–Crippen LogP) is 3.76. The zero-order chi connectivity index (χ0) is 23.9. The third kappa shape index (κ3) is 4.12. The van der Waals surface area contributed by atoms with Crippen LogP contribution in [0.1, 0.15) is 12.7 Å². The minimum Gasteiger partial charge on any atom is -0.361 e. The molecule has 0 bridgehead atoms. The Balaban J connectivity index is 1.39. The molecular formula is C24H25ClFN9. The van der Waals surface area contributed by atoms with Crippen LogP contribution in [0.15, 0.2) is 42.8 Å². The van der Waals surface area contributed by atoms with Crippen molar-refractivity contribution >= 4 is 51.3 Å². The van der Waals surface area contributed by atoms with Crippen LogP contribution in [0.4, 0.5) is 16.2 Å². The van der Waals surface area contributed by atoms with E-state index in [1.54, 1.807) is 18.5 Å². The number of anilines is 2. The summed E-state index contributed by atoms with van der Waals surface area (Å²) in [6, 6.07) is 5.56. The van der Waals surface area contributed by atoms with Gasteiger partial charge in [0, 0.05) is 42.8 Å². The van der Waals surface area contributed by atoms with E-state index in [0.717, 1.165) is 48.7 Å². The Morgan fingerprint density at radius 3 is 2.91 bits per heavy atom. The first kappa shape index (κ1) is 22.0. The number of H-pyrrole nitrogens is 1. The number of fused-ring (bicyclic) bond motifs is 2. The van der Waals surface area contributed by atoms with Gasteiger partial charge in [-0.15, -0.1) is 0 Å². The van der Waals surface area contributed by atoms with Gasteiger partial charge in [0.2, 0.25) is 5.95 Å². The van der Waals surface area contributed by atoms with Crippen LogP contribution in [0.5, 0.6) is 0 Å². The molecule has 6 rings (SSSR count). The number of aromatic nitrogens is 6. The number of aromatic amines is 1. The maximum atomic E-state index is 14.4. The van der Waals surface area contributed by atoms with Crippen LogP contribution in [0.25, 0.3) is 27.9 Å². The molecule has 1 saturated heterocycles. The molecular weight excluding hydrogens is 469 g/mol. The van der Waals surface area contributed by atoms with Gasteiger partial charge in [-0.25, -0.2) is 14.4 Å². The van der Waals surface area contributed by atoms with E-state index in [-0.39, 0.29) is 5.92 Å². The first-order chi connectivity index (χ1) is 17.1. The van der Waals surface area contributed by atoms with E-state index in [1.807, 2.05) is 35.8 Å². The third-order valence-electron chi connectivity index (χ3n) is 6.48. The Morgan fingerprint density at radius 2 is 2.06 bits per heavy atom. The van der Waals surface area contributed by atoms with E-state index in [1.165, 1.54) is 0 Å². The molecule has 1 fully saturated rings. The predicted molar refractivity (Wildman–Crippen MR) is 136 cm³/mol. The van der Waals surface area contributed by atoms with Gasteiger partial charge in [0.25, 0.3) is 0 Å². The number of imidazole rings is 2. The second-order valence-electron chi connectivity index (χ2n) is 8.80. The van der Waals surface area contributed by atoms with Gasteiger partial charge in [-0.2, -0.15) is 9.97 Å². The summed E-state index contributed by atoms with van der Waals surface area (Å²) < 4.78 is 16.3. The molecule has 35 heavy (non-hydrogen) atoms. The highest BCUT2D eigenvalue weighted by molar-refractivity contribution is 6.31. The summed E-state index contributed by atoms with van der Waals surface area (Å²) in [6.45, 7) is 5.62. The summed E-state index contributed by atoms with van der Waals surface area (Å²) in [5.41, 5.74) is 3.80. The van der Waals surface area contributed by atoms with E-state index in [0.29, 0.717) is 34.5 Å². The fourth-order valence-electron chi connectivity index (χ4n) is 4.53. The summed E-state index contributed by atoms with van der Waals surface area (Å²) in [7, 11) is 0. The number of nitrogens with one attached hydrogen (secondary N) is 3. The van der Waals surface area contributed by atoms with E-state index < -0.39 is 6.17 Å². The molecule has 4 aromatic rings. The number of rotatable bonds is 5. The average Bonchev–Trinajstić information content (AvgIpc) is 3.48. The van der Waals surface area contributed by atoms with Crippen LogP contribution in [-0.4, -0.2) is 61.8 Å². The number of nitrogens with zero attached hydrogens (tertiary/aromatic N) is 6. The molecule has 1 aliphatic heterocycles. The van der Waals surface area contributed by atoms with Crippen molar-refractivity contribution in [3.63, 3.8) is 0 Å². The van der Waals surface area contributed by atoms with Gasteiger partial charge in [-0.05, 0) is 30.4 Å². The number of hydrogen-bond donors (Lipinski definition) is 3. The Bertz CT molecular complexity index is 1450. The normalized spacial score (nSPS) is 20.5. The molecule has 1 aromatic carbocycles. The van der Waals surface area contributed by atoms with Crippen molar-refractivity contribution in [2.75, 3.05) is 36.4 Å². The Hall–Kier alpha value is -3.50. The molecule has 3 aromatic heterocycles. The molecule has 2 atom stereocenters. The van der Waals surface area contributed by atoms with Crippen LogP contribution in [-0.2, 0) is 6.54 Å². The lowest BCUT2D eigenvalue weighted by atomic mass is 9.97. The number of allylic oxidation sites excluding steroid dienone is 4. The molecule has 2 aliphatic rings. The summed E-state index contributed by atoms with van der Waals surface area (Å²) in [6.07, 6.45) is 5.88. The maximum Gasteiger partial charge on any atom is 0.229 e. The molecule has 0 saturated carbocycles. The number of halogens is 2. The van der Waals surface area contributed by atoms with Gasteiger partial charge in [0.05, 0.1) is 17.6 Å². The SMILES string of the molecule is CC1C(n2cnc3c(NCc4nc5ccc(Cl)cc5[nH]4)nc(N4CCNCC4)nc32)=CC=CC1F. The molecule has 0 spiro atoms. The van der Waals surface area contributed by atoms with Crippen LogP contribution >= 0.6 is 11.6 Å². The first-order valence-electron chi connectivity index (χ1n) is 11.7. The summed E-state index contributed by atoms with van der Waals surface area (Å²) in [5, 5.41) is 7.40. The van der Waals surface area contributed by atoms with Gasteiger partial charge in [0.15, 0.2) is 17.0 Å². The van der Waals surface area contributed by atoms with Crippen molar-refractivity contribution in [3.8, 4) is 0 Å². The van der Waals surface area contributed by atoms with Gasteiger partial charge >= 0.3 is 0 Å². The zero-order valence-corrected chi connectivity index (χ0v) is 19.9. The minimum atomic E-state index is -1.05. The molecule has 2 unspecified atom stereocenters. The van der Waals surface area contributed by atoms with Crippen molar-refractivity contribution in [2.24, 2.45) is 5.92 Å². The second kappa shape index (κ2) is 8.94. The molecule has 4 heterocycles. The molecule has 3 N–H and O–H groups in total. The van der Waals surface area contributed by atoms with Crippen molar-refractivity contribution < 1.29 is 4.39 Å². The minimum absolute atomic E-state index is 0.311. The third-order valence-corrected chi connectivity index (χ3v) is 6.72. The van der Waals surface area contributed by atoms with Gasteiger partial charge in [-0.3, -0.25) is 4.57 Å². The average molecular weight is 494 g/mol. The highest BCUT2D eigenvalue weighted by atomic mass is 35.5. The fraction of sp³-hybridized carbons (Fsp3) is 0.333. The van der Waals surface area contributed by atoms with Crippen LogP contribution < -0.4 is 15.5 Å². The lowest BCUT2D eigenvalue weighted by Crippen LogP contribution is -2.44. The Labute approximate surface area is 206 Å². The quantitative estimate of drug-likeness (QED) is 0.389. The summed E-state index contributed by atoms with van der Waals surface area (Å²) in [5.74, 6) is 1.67. The van der Waals surface area contributed by atoms with Crippen LogP contribution in [0.2, 0.25) is 5.02 Å². The van der Waals surface area contributed by atoms with Crippen LogP contribution in [0.3, 0.4) is 0 Å². The maximum absolute atomic E-state index is 14.4. The van der Waals surface area contributed by atoms with E-state index in [9.17, 15) is 4.39 Å². The van der Waals surface area contributed by atoms with E-state index >= 15 is 0 Å². The van der Waals surface area contributed by atoms with Crippen molar-refractivity contribution in [1.82, 2.24) is 34.8 Å². The lowest BCUT2D eigenvalue weighted by Gasteiger charge is -2.28. The summed E-state index contributed by atoms with van der Waals surface area (Å²) in [4.78, 5) is 24.4. The number of hydrogen-bond acceptors (Lipinski definition) is 7. The van der Waals surface area contributed by atoms with E-state index in [2.05, 4.69) is 30.5 Å². The molecule has 1 aliphatic carbocycles. The van der Waals surface area contributed by atoms with Crippen molar-refractivity contribution in [1.29, 1.82) is 0 Å². The van der Waals surface area contributed by atoms with Crippen LogP contribution in [0, 0.1) is 5.92 Å². The van der Waals surface area contributed by atoms with Gasteiger partial charge in [-0.1, -0.05) is 24.6 Å². The lowest BCUT2D eigenvalue weighted by molar-refractivity contribution is 0.336. The molecule has 180 valence electrons. The van der Waals surface area contributed by atoms with Crippen molar-refractivity contribution in [3.05, 3.63) is 53.6 Å². The Kier molecular flexibility index (Phi) is 5.62. The second-order valence-corrected chi connectivity index (χ2v) is 9.24. The highest BCUT2D eigenvalue weighted by Crippen LogP contribution is 2.31. The van der Waals surface area contributed by atoms with E-state index in [4.69, 9.17) is 21.6 Å². The standard InChI is InChI=1S/C24H25ClFN9/c1-14-16(26)3-2-4-19(14)35-13-29-21-22(32-24(33-23(21)35)34-9-7-27-8-10-34)28-12-20-30-17-6-5-15(25)11-18(17)31-20/h2-6,11,13-14,16,27H,7-10,12H2,1H3,(H,30,31)(H,28,32,33). The molecule has 0 radical (unpaired) electrons. The number of benzene rings is 1. The van der Waals surface area contributed by atoms with Crippen molar-refractivity contribution in [2.45, 2.75) is 19.6 Å². The summed E-state index contributed by atoms with van der Waals surface area (Å²) >= 11 is 6.11. The fourth-order valence-corrected chi connectivity index (χ4v) is 4.71. The molecule has 9 nitrogen and oxygen atoms in total. The monoisotopic (exact) mass is 493 g/mol. The zero-order valence-electron chi connectivity index (χ0n) is 19.2. The molecule has 11 heteroatoms. The van der Waals surface area contributed by atoms with Gasteiger partial charge < -0.3 is 20.5 Å².